The first-order valence-corrected chi connectivity index (χ1v) is 5.11. The third-order valence-corrected chi connectivity index (χ3v) is 2.19. The summed E-state index contributed by atoms with van der Waals surface area (Å²) in [7, 11) is 0. The van der Waals surface area contributed by atoms with Gasteiger partial charge in [0.1, 0.15) is 5.82 Å². The van der Waals surface area contributed by atoms with Crippen LogP contribution in [0.25, 0.3) is 0 Å². The summed E-state index contributed by atoms with van der Waals surface area (Å²) in [6.07, 6.45) is 5.05. The molecule has 0 aliphatic carbocycles. The van der Waals surface area contributed by atoms with Gasteiger partial charge < -0.3 is 0 Å². The van der Waals surface area contributed by atoms with Gasteiger partial charge in [0, 0.05) is 11.4 Å². The molecule has 1 N–H and O–H groups in total. The number of terminal acetylenes is 1. The number of benzene rings is 1. The molecule has 0 bridgehead atoms. The fourth-order valence-corrected chi connectivity index (χ4v) is 1.37. The maximum absolute atomic E-state index is 13.3. The standard InChI is InChI=1S/C12H11ClFNO/c1-2-5-15-8-11(16)6-9-3-4-10(13)7-12(9)14/h1,3-4,7,15H,5-6,8H2. The molecule has 0 aliphatic heterocycles. The maximum atomic E-state index is 13.3. The first kappa shape index (κ1) is 12.7. The van der Waals surface area contributed by atoms with Gasteiger partial charge >= 0.3 is 0 Å². The van der Waals surface area contributed by atoms with E-state index in [0.717, 1.165) is 0 Å². The average Bonchev–Trinajstić information content (AvgIpc) is 2.23. The van der Waals surface area contributed by atoms with Gasteiger partial charge in [0.2, 0.25) is 0 Å². The summed E-state index contributed by atoms with van der Waals surface area (Å²) in [6.45, 7) is 0.473. The van der Waals surface area contributed by atoms with Crippen molar-refractivity contribution >= 4 is 17.4 Å². The van der Waals surface area contributed by atoms with E-state index in [0.29, 0.717) is 17.1 Å². The van der Waals surface area contributed by atoms with Crippen molar-refractivity contribution in [1.82, 2.24) is 5.32 Å². The second-order valence-electron chi connectivity index (χ2n) is 3.26. The highest BCUT2D eigenvalue weighted by Crippen LogP contribution is 2.15. The van der Waals surface area contributed by atoms with E-state index in [-0.39, 0.29) is 18.7 Å². The normalized spacial score (nSPS) is 9.81. The molecule has 84 valence electrons. The number of ketones is 1. The fourth-order valence-electron chi connectivity index (χ4n) is 1.21. The van der Waals surface area contributed by atoms with Gasteiger partial charge in [-0.1, -0.05) is 23.6 Å². The van der Waals surface area contributed by atoms with E-state index in [1.165, 1.54) is 12.1 Å². The van der Waals surface area contributed by atoms with Crippen LogP contribution in [0.4, 0.5) is 4.39 Å². The number of hydrogen-bond acceptors (Lipinski definition) is 2. The highest BCUT2D eigenvalue weighted by Gasteiger charge is 2.08. The SMILES string of the molecule is C#CCNCC(=O)Cc1ccc(Cl)cc1F. The van der Waals surface area contributed by atoms with Crippen molar-refractivity contribution in [2.45, 2.75) is 6.42 Å². The molecule has 0 aliphatic rings. The Bertz CT molecular complexity index is 426. The lowest BCUT2D eigenvalue weighted by Crippen LogP contribution is -2.24. The molecule has 1 rings (SSSR count). The minimum Gasteiger partial charge on any atom is -0.299 e. The van der Waals surface area contributed by atoms with E-state index < -0.39 is 5.82 Å². The first-order chi connectivity index (χ1) is 7.63. The van der Waals surface area contributed by atoms with Crippen LogP contribution in [0.15, 0.2) is 18.2 Å². The zero-order chi connectivity index (χ0) is 12.0. The van der Waals surface area contributed by atoms with Crippen LogP contribution in [0.3, 0.4) is 0 Å². The van der Waals surface area contributed by atoms with Gasteiger partial charge in [-0.3, -0.25) is 10.1 Å². The van der Waals surface area contributed by atoms with Crippen LogP contribution in [-0.4, -0.2) is 18.9 Å². The van der Waals surface area contributed by atoms with Crippen molar-refractivity contribution < 1.29 is 9.18 Å². The Labute approximate surface area is 98.8 Å². The van der Waals surface area contributed by atoms with Gasteiger partial charge in [-0.05, 0) is 17.7 Å². The van der Waals surface area contributed by atoms with E-state index in [1.54, 1.807) is 6.07 Å². The highest BCUT2D eigenvalue weighted by molar-refractivity contribution is 6.30. The number of nitrogens with one attached hydrogen (secondary N) is 1. The van der Waals surface area contributed by atoms with Crippen LogP contribution in [0, 0.1) is 18.2 Å². The Morgan fingerprint density at radius 3 is 2.94 bits per heavy atom. The van der Waals surface area contributed by atoms with E-state index >= 15 is 0 Å². The molecule has 0 atom stereocenters. The van der Waals surface area contributed by atoms with Crippen LogP contribution in [0.2, 0.25) is 5.02 Å². The number of rotatable bonds is 5. The van der Waals surface area contributed by atoms with Crippen molar-refractivity contribution in [3.63, 3.8) is 0 Å². The lowest BCUT2D eigenvalue weighted by molar-refractivity contribution is -0.117. The molecule has 0 spiro atoms. The lowest BCUT2D eigenvalue weighted by atomic mass is 10.1. The summed E-state index contributed by atoms with van der Waals surface area (Å²) in [5, 5.41) is 3.07. The van der Waals surface area contributed by atoms with Gasteiger partial charge in [-0.2, -0.15) is 0 Å². The van der Waals surface area contributed by atoms with Crippen LogP contribution >= 0.6 is 11.6 Å². The van der Waals surface area contributed by atoms with Gasteiger partial charge in [-0.15, -0.1) is 6.42 Å². The number of hydrogen-bond donors (Lipinski definition) is 1. The summed E-state index contributed by atoms with van der Waals surface area (Å²) in [6, 6.07) is 4.26. The van der Waals surface area contributed by atoms with Gasteiger partial charge in [0.25, 0.3) is 0 Å². The molecule has 0 radical (unpaired) electrons. The molecule has 0 saturated carbocycles. The van der Waals surface area contributed by atoms with Crippen LogP contribution in [-0.2, 0) is 11.2 Å². The molecule has 0 amide bonds. The van der Waals surface area contributed by atoms with Gasteiger partial charge in [0.05, 0.1) is 13.1 Å². The number of carbonyl (C=O) groups excluding carboxylic acids is 1. The van der Waals surface area contributed by atoms with Gasteiger partial charge in [0.15, 0.2) is 5.78 Å². The summed E-state index contributed by atoms with van der Waals surface area (Å²) in [5.74, 6) is 1.78. The monoisotopic (exact) mass is 239 g/mol. The summed E-state index contributed by atoms with van der Waals surface area (Å²) in [4.78, 5) is 11.4. The number of carbonyl (C=O) groups is 1. The van der Waals surface area contributed by atoms with Crippen molar-refractivity contribution in [2.75, 3.05) is 13.1 Å². The minimum atomic E-state index is -0.460. The molecule has 1 aromatic carbocycles. The second-order valence-corrected chi connectivity index (χ2v) is 3.70. The Morgan fingerprint density at radius 1 is 1.56 bits per heavy atom. The zero-order valence-electron chi connectivity index (χ0n) is 8.59. The smallest absolute Gasteiger partial charge is 0.151 e. The maximum Gasteiger partial charge on any atom is 0.151 e. The van der Waals surface area contributed by atoms with Crippen molar-refractivity contribution in [1.29, 1.82) is 0 Å². The summed E-state index contributed by atoms with van der Waals surface area (Å²) >= 11 is 5.60. The van der Waals surface area contributed by atoms with Crippen molar-refractivity contribution in [2.24, 2.45) is 0 Å². The largest absolute Gasteiger partial charge is 0.299 e. The predicted octanol–water partition coefficient (Wildman–Crippen LogP) is 1.81. The molecular formula is C12H11ClFNO. The average molecular weight is 240 g/mol. The van der Waals surface area contributed by atoms with Gasteiger partial charge in [-0.25, -0.2) is 4.39 Å². The lowest BCUT2D eigenvalue weighted by Gasteiger charge is -2.03. The summed E-state index contributed by atoms with van der Waals surface area (Å²) < 4.78 is 13.3. The van der Waals surface area contributed by atoms with E-state index in [4.69, 9.17) is 18.0 Å². The Balaban J connectivity index is 2.53. The second kappa shape index (κ2) is 6.26. The van der Waals surface area contributed by atoms with E-state index in [9.17, 15) is 9.18 Å². The van der Waals surface area contributed by atoms with Crippen LogP contribution in [0.5, 0.6) is 0 Å². The third kappa shape index (κ3) is 4.01. The van der Waals surface area contributed by atoms with Crippen LogP contribution < -0.4 is 5.32 Å². The molecule has 4 heteroatoms. The number of halogens is 2. The number of Topliss-reactive ketones (excluding diaryl/α,β-unsaturated/α-hetero) is 1. The highest BCUT2D eigenvalue weighted by atomic mass is 35.5. The van der Waals surface area contributed by atoms with E-state index in [2.05, 4.69) is 11.2 Å². The first-order valence-electron chi connectivity index (χ1n) is 4.73. The molecule has 0 unspecified atom stereocenters. The van der Waals surface area contributed by atoms with Crippen molar-refractivity contribution in [3.8, 4) is 12.3 Å². The molecule has 2 nitrogen and oxygen atoms in total. The zero-order valence-corrected chi connectivity index (χ0v) is 9.35. The topological polar surface area (TPSA) is 29.1 Å². The van der Waals surface area contributed by atoms with Crippen molar-refractivity contribution in [3.05, 3.63) is 34.6 Å². The van der Waals surface area contributed by atoms with Crippen LogP contribution in [0.1, 0.15) is 5.56 Å². The Kier molecular flexibility index (Phi) is 4.97. The summed E-state index contributed by atoms with van der Waals surface area (Å²) in [5.41, 5.74) is 0.344. The fraction of sp³-hybridized carbons (Fsp3) is 0.250. The molecule has 0 heterocycles. The Hall–Kier alpha value is -1.37. The molecule has 0 fully saturated rings. The predicted molar refractivity (Wildman–Crippen MR) is 61.8 cm³/mol. The third-order valence-electron chi connectivity index (χ3n) is 1.95. The molecule has 1 aromatic rings. The van der Waals surface area contributed by atoms with E-state index in [1.807, 2.05) is 0 Å². The minimum absolute atomic E-state index is 0.0422. The molecular weight excluding hydrogens is 229 g/mol. The quantitative estimate of drug-likeness (QED) is 0.627. The molecule has 0 aromatic heterocycles. The molecule has 0 saturated heterocycles. The Morgan fingerprint density at radius 2 is 2.31 bits per heavy atom. The molecule has 16 heavy (non-hydrogen) atoms.